The fourth-order valence-corrected chi connectivity index (χ4v) is 2.23. The minimum absolute atomic E-state index is 0.00851. The zero-order valence-electron chi connectivity index (χ0n) is 10.7. The molecule has 1 unspecified atom stereocenters. The van der Waals surface area contributed by atoms with Gasteiger partial charge in [-0.25, -0.2) is 0 Å². The molecule has 0 aromatic carbocycles. The lowest BCUT2D eigenvalue weighted by Crippen LogP contribution is -2.51. The van der Waals surface area contributed by atoms with Crippen molar-refractivity contribution in [1.82, 2.24) is 5.32 Å². The van der Waals surface area contributed by atoms with E-state index in [1.54, 1.807) is 6.92 Å². The molecule has 1 amide bonds. The first-order chi connectivity index (χ1) is 7.56. The Balaban J connectivity index is 2.17. The predicted octanol–water partition coefficient (Wildman–Crippen LogP) is 2.20. The molecule has 3 N–H and O–H groups in total. The molecule has 1 rings (SSSR count). The highest BCUT2D eigenvalue weighted by Gasteiger charge is 2.25. The van der Waals surface area contributed by atoms with Crippen molar-refractivity contribution in [2.45, 2.75) is 64.3 Å². The van der Waals surface area contributed by atoms with Crippen molar-refractivity contribution in [2.24, 2.45) is 11.7 Å². The molecule has 1 atom stereocenters. The van der Waals surface area contributed by atoms with Gasteiger partial charge in [-0.1, -0.05) is 39.0 Å². The number of nitrogens with two attached hydrogens (primary N) is 1. The summed E-state index contributed by atoms with van der Waals surface area (Å²) in [6, 6.07) is 0. The third-order valence-corrected chi connectivity index (χ3v) is 3.82. The Morgan fingerprint density at radius 3 is 2.56 bits per heavy atom. The second kappa shape index (κ2) is 6.24. The molecule has 3 nitrogen and oxygen atoms in total. The van der Waals surface area contributed by atoms with Gasteiger partial charge in [-0.05, 0) is 25.7 Å². The standard InChI is InChI=1S/C13H26N2O/c1-3-13(2,14)12(16)15-10-9-11-7-5-4-6-8-11/h11H,3-10,14H2,1-2H3,(H,15,16). The van der Waals surface area contributed by atoms with Gasteiger partial charge in [0, 0.05) is 6.54 Å². The van der Waals surface area contributed by atoms with Crippen LogP contribution in [0.1, 0.15) is 58.8 Å². The summed E-state index contributed by atoms with van der Waals surface area (Å²) in [5.41, 5.74) is 5.16. The van der Waals surface area contributed by atoms with Crippen molar-refractivity contribution in [3.63, 3.8) is 0 Å². The number of hydrogen-bond donors (Lipinski definition) is 2. The molecule has 0 saturated heterocycles. The lowest BCUT2D eigenvalue weighted by molar-refractivity contribution is -0.125. The van der Waals surface area contributed by atoms with Crippen molar-refractivity contribution in [3.8, 4) is 0 Å². The van der Waals surface area contributed by atoms with Crippen LogP contribution in [-0.2, 0) is 4.79 Å². The van der Waals surface area contributed by atoms with Gasteiger partial charge < -0.3 is 11.1 Å². The number of nitrogens with one attached hydrogen (secondary N) is 1. The molecule has 0 aromatic heterocycles. The van der Waals surface area contributed by atoms with Gasteiger partial charge in [0.1, 0.15) is 0 Å². The highest BCUT2D eigenvalue weighted by molar-refractivity contribution is 5.85. The fourth-order valence-electron chi connectivity index (χ4n) is 2.23. The average Bonchev–Trinajstić information content (AvgIpc) is 2.30. The quantitative estimate of drug-likeness (QED) is 0.755. The molecular weight excluding hydrogens is 200 g/mol. The lowest BCUT2D eigenvalue weighted by atomic mass is 9.87. The molecule has 0 radical (unpaired) electrons. The van der Waals surface area contributed by atoms with Gasteiger partial charge in [0.2, 0.25) is 5.91 Å². The number of amides is 1. The van der Waals surface area contributed by atoms with Crippen LogP contribution in [0.25, 0.3) is 0 Å². The van der Waals surface area contributed by atoms with Gasteiger partial charge in [-0.2, -0.15) is 0 Å². The summed E-state index contributed by atoms with van der Waals surface area (Å²) in [5, 5.41) is 2.96. The molecule has 1 aliphatic carbocycles. The monoisotopic (exact) mass is 226 g/mol. The molecule has 1 aliphatic rings. The van der Waals surface area contributed by atoms with Gasteiger partial charge in [0.15, 0.2) is 0 Å². The maximum absolute atomic E-state index is 11.7. The molecule has 1 fully saturated rings. The van der Waals surface area contributed by atoms with Gasteiger partial charge in [-0.3, -0.25) is 4.79 Å². The van der Waals surface area contributed by atoms with Crippen molar-refractivity contribution >= 4 is 5.91 Å². The normalized spacial score (nSPS) is 21.4. The van der Waals surface area contributed by atoms with Gasteiger partial charge in [0.05, 0.1) is 5.54 Å². The largest absolute Gasteiger partial charge is 0.355 e. The van der Waals surface area contributed by atoms with E-state index in [9.17, 15) is 4.79 Å². The van der Waals surface area contributed by atoms with Crippen LogP contribution in [0.3, 0.4) is 0 Å². The molecule has 94 valence electrons. The van der Waals surface area contributed by atoms with Gasteiger partial charge in [0.25, 0.3) is 0 Å². The molecule has 1 saturated carbocycles. The van der Waals surface area contributed by atoms with E-state index in [0.29, 0.717) is 6.42 Å². The molecule has 0 heterocycles. The summed E-state index contributed by atoms with van der Waals surface area (Å²) in [6.45, 7) is 4.53. The Kier molecular flexibility index (Phi) is 5.26. The van der Waals surface area contributed by atoms with E-state index in [1.807, 2.05) is 6.92 Å². The minimum atomic E-state index is -0.702. The van der Waals surface area contributed by atoms with Crippen LogP contribution in [-0.4, -0.2) is 18.0 Å². The number of hydrogen-bond acceptors (Lipinski definition) is 2. The fraction of sp³-hybridized carbons (Fsp3) is 0.923. The predicted molar refractivity (Wildman–Crippen MR) is 67.1 cm³/mol. The molecule has 0 aliphatic heterocycles. The van der Waals surface area contributed by atoms with Crippen LogP contribution >= 0.6 is 0 Å². The summed E-state index contributed by atoms with van der Waals surface area (Å²) >= 11 is 0. The van der Waals surface area contributed by atoms with E-state index < -0.39 is 5.54 Å². The Labute approximate surface area is 99.2 Å². The lowest BCUT2D eigenvalue weighted by Gasteiger charge is -2.24. The maximum atomic E-state index is 11.7. The maximum Gasteiger partial charge on any atom is 0.239 e. The first kappa shape index (κ1) is 13.5. The summed E-state index contributed by atoms with van der Waals surface area (Å²) < 4.78 is 0. The third kappa shape index (κ3) is 4.12. The van der Waals surface area contributed by atoms with Gasteiger partial charge in [-0.15, -0.1) is 0 Å². The van der Waals surface area contributed by atoms with E-state index in [0.717, 1.165) is 18.9 Å². The number of carbonyl (C=O) groups is 1. The molecule has 0 aromatic rings. The molecule has 16 heavy (non-hydrogen) atoms. The Morgan fingerprint density at radius 2 is 2.00 bits per heavy atom. The zero-order chi connectivity index (χ0) is 12.0. The summed E-state index contributed by atoms with van der Waals surface area (Å²) in [7, 11) is 0. The van der Waals surface area contributed by atoms with Gasteiger partial charge >= 0.3 is 0 Å². The second-order valence-electron chi connectivity index (χ2n) is 5.32. The SMILES string of the molecule is CCC(C)(N)C(=O)NCCC1CCCCC1. The third-order valence-electron chi connectivity index (χ3n) is 3.82. The van der Waals surface area contributed by atoms with Crippen molar-refractivity contribution in [1.29, 1.82) is 0 Å². The Hall–Kier alpha value is -0.570. The molecule has 3 heteroatoms. The minimum Gasteiger partial charge on any atom is -0.355 e. The van der Waals surface area contributed by atoms with Crippen LogP contribution in [0.15, 0.2) is 0 Å². The summed E-state index contributed by atoms with van der Waals surface area (Å²) in [4.78, 5) is 11.7. The molecule has 0 spiro atoms. The highest BCUT2D eigenvalue weighted by Crippen LogP contribution is 2.25. The van der Waals surface area contributed by atoms with E-state index in [2.05, 4.69) is 5.32 Å². The zero-order valence-corrected chi connectivity index (χ0v) is 10.7. The Bertz CT molecular complexity index is 220. The highest BCUT2D eigenvalue weighted by atomic mass is 16.2. The summed E-state index contributed by atoms with van der Waals surface area (Å²) in [6.07, 6.45) is 8.59. The van der Waals surface area contributed by atoms with Crippen molar-refractivity contribution in [2.75, 3.05) is 6.54 Å². The van der Waals surface area contributed by atoms with Crippen LogP contribution in [0.4, 0.5) is 0 Å². The molecular formula is C13H26N2O. The Morgan fingerprint density at radius 1 is 1.38 bits per heavy atom. The van der Waals surface area contributed by atoms with E-state index >= 15 is 0 Å². The van der Waals surface area contributed by atoms with Crippen LogP contribution < -0.4 is 11.1 Å². The summed E-state index contributed by atoms with van der Waals surface area (Å²) in [5.74, 6) is 0.811. The van der Waals surface area contributed by atoms with Crippen molar-refractivity contribution < 1.29 is 4.79 Å². The molecule has 0 bridgehead atoms. The van der Waals surface area contributed by atoms with Crippen LogP contribution in [0.2, 0.25) is 0 Å². The van der Waals surface area contributed by atoms with E-state index in [-0.39, 0.29) is 5.91 Å². The van der Waals surface area contributed by atoms with Crippen LogP contribution in [0.5, 0.6) is 0 Å². The number of rotatable bonds is 5. The van der Waals surface area contributed by atoms with Crippen molar-refractivity contribution in [3.05, 3.63) is 0 Å². The van der Waals surface area contributed by atoms with E-state index in [4.69, 9.17) is 5.73 Å². The first-order valence-corrected chi connectivity index (χ1v) is 6.63. The van der Waals surface area contributed by atoms with Crippen LogP contribution in [0, 0.1) is 5.92 Å². The van der Waals surface area contributed by atoms with E-state index in [1.165, 1.54) is 32.1 Å². The number of carbonyl (C=O) groups excluding carboxylic acids is 1. The smallest absolute Gasteiger partial charge is 0.239 e. The second-order valence-corrected chi connectivity index (χ2v) is 5.32. The average molecular weight is 226 g/mol. The first-order valence-electron chi connectivity index (χ1n) is 6.63. The topological polar surface area (TPSA) is 55.1 Å².